The molecule has 0 aliphatic carbocycles. The zero-order valence-corrected chi connectivity index (χ0v) is 13.6. The summed E-state index contributed by atoms with van der Waals surface area (Å²) in [7, 11) is 0. The van der Waals surface area contributed by atoms with Crippen molar-refractivity contribution in [2.75, 3.05) is 0 Å². The second-order valence-electron chi connectivity index (χ2n) is 5.84. The number of hydrogen-bond donors (Lipinski definition) is 1. The largest absolute Gasteiger partial charge is 0.346 e. The van der Waals surface area contributed by atoms with Crippen molar-refractivity contribution in [3.63, 3.8) is 0 Å². The molecule has 0 radical (unpaired) electrons. The molecule has 0 unspecified atom stereocenters. The number of rotatable bonds is 9. The van der Waals surface area contributed by atoms with Crippen LogP contribution in [0, 0.1) is 5.92 Å². The zero-order valence-electron chi connectivity index (χ0n) is 13.6. The van der Waals surface area contributed by atoms with Crippen molar-refractivity contribution in [2.24, 2.45) is 5.92 Å². The number of benzene rings is 1. The van der Waals surface area contributed by atoms with Gasteiger partial charge in [-0.05, 0) is 38.7 Å². The molecule has 0 saturated carbocycles. The van der Waals surface area contributed by atoms with E-state index in [0.717, 1.165) is 12.8 Å². The summed E-state index contributed by atoms with van der Waals surface area (Å²) in [4.78, 5) is 34.8. The third kappa shape index (κ3) is 6.66. The number of nitrogens with one attached hydrogen (secondary N) is 1. The molecule has 0 aliphatic heterocycles. The first-order chi connectivity index (χ1) is 10.4. The van der Waals surface area contributed by atoms with Crippen molar-refractivity contribution < 1.29 is 14.4 Å². The number of carbonyl (C=O) groups excluding carboxylic acids is 3. The van der Waals surface area contributed by atoms with Gasteiger partial charge in [0, 0.05) is 12.3 Å². The van der Waals surface area contributed by atoms with Gasteiger partial charge in [0.25, 0.3) is 0 Å². The summed E-state index contributed by atoms with van der Waals surface area (Å²) in [6, 6.07) is 9.44. The fourth-order valence-electron chi connectivity index (χ4n) is 2.20. The first-order valence-electron chi connectivity index (χ1n) is 7.74. The van der Waals surface area contributed by atoms with Gasteiger partial charge in [0.05, 0.1) is 6.04 Å². The topological polar surface area (TPSA) is 63.2 Å². The Morgan fingerprint density at radius 1 is 1.05 bits per heavy atom. The maximum absolute atomic E-state index is 12.2. The molecule has 0 heterocycles. The van der Waals surface area contributed by atoms with Gasteiger partial charge in [-0.2, -0.15) is 0 Å². The smallest absolute Gasteiger partial charge is 0.223 e. The van der Waals surface area contributed by atoms with Crippen LogP contribution in [0.4, 0.5) is 0 Å². The molecule has 1 rings (SSSR count). The Bertz CT molecular complexity index is 510. The van der Waals surface area contributed by atoms with Crippen LogP contribution >= 0.6 is 0 Å². The third-order valence-electron chi connectivity index (χ3n) is 3.75. The molecule has 1 amide bonds. The summed E-state index contributed by atoms with van der Waals surface area (Å²) in [5, 5.41) is 2.77. The number of Topliss-reactive ketones (excluding diaryl/α,β-unsaturated/α-hetero) is 2. The Labute approximate surface area is 132 Å². The van der Waals surface area contributed by atoms with Gasteiger partial charge in [0.2, 0.25) is 5.91 Å². The van der Waals surface area contributed by atoms with Gasteiger partial charge in [-0.3, -0.25) is 9.59 Å². The van der Waals surface area contributed by atoms with Crippen LogP contribution in [0.15, 0.2) is 30.3 Å². The fraction of sp³-hybridized carbons (Fsp3) is 0.500. The van der Waals surface area contributed by atoms with Crippen LogP contribution in [0.25, 0.3) is 0 Å². The highest BCUT2D eigenvalue weighted by molar-refractivity contribution is 5.88. The van der Waals surface area contributed by atoms with Crippen LogP contribution in [0.2, 0.25) is 0 Å². The molecule has 0 aliphatic rings. The van der Waals surface area contributed by atoms with Gasteiger partial charge in [0.15, 0.2) is 5.78 Å². The quantitative estimate of drug-likeness (QED) is 0.763. The molecule has 0 saturated heterocycles. The van der Waals surface area contributed by atoms with E-state index in [-0.39, 0.29) is 23.4 Å². The average molecular weight is 303 g/mol. The molecule has 0 bridgehead atoms. The monoisotopic (exact) mass is 303 g/mol. The minimum Gasteiger partial charge on any atom is -0.346 e. The normalized spacial score (nSPS) is 13.2. The molecule has 1 aromatic rings. The average Bonchev–Trinajstić information content (AvgIpc) is 2.49. The van der Waals surface area contributed by atoms with Crippen LogP contribution in [0.3, 0.4) is 0 Å². The van der Waals surface area contributed by atoms with E-state index in [1.54, 1.807) is 0 Å². The molecule has 22 heavy (non-hydrogen) atoms. The molecule has 2 atom stereocenters. The van der Waals surface area contributed by atoms with E-state index in [4.69, 9.17) is 0 Å². The fourth-order valence-corrected chi connectivity index (χ4v) is 2.20. The molecular formula is C18H25NO3. The number of amides is 1. The van der Waals surface area contributed by atoms with Crippen LogP contribution in [-0.2, 0) is 20.8 Å². The van der Waals surface area contributed by atoms with E-state index in [1.165, 1.54) is 19.4 Å². The molecule has 0 spiro atoms. The molecular weight excluding hydrogens is 278 g/mol. The van der Waals surface area contributed by atoms with E-state index >= 15 is 0 Å². The van der Waals surface area contributed by atoms with Crippen molar-refractivity contribution in [1.29, 1.82) is 0 Å². The van der Waals surface area contributed by atoms with Crippen LogP contribution < -0.4 is 5.32 Å². The van der Waals surface area contributed by atoms with Gasteiger partial charge >= 0.3 is 0 Å². The van der Waals surface area contributed by atoms with Crippen molar-refractivity contribution in [1.82, 2.24) is 5.32 Å². The van der Waals surface area contributed by atoms with Gasteiger partial charge in [-0.1, -0.05) is 37.3 Å². The van der Waals surface area contributed by atoms with Crippen molar-refractivity contribution in [3.8, 4) is 0 Å². The van der Waals surface area contributed by atoms with Crippen molar-refractivity contribution in [2.45, 2.75) is 52.5 Å². The molecule has 0 fully saturated rings. The van der Waals surface area contributed by atoms with Gasteiger partial charge in [0.1, 0.15) is 5.78 Å². The summed E-state index contributed by atoms with van der Waals surface area (Å²) in [5.41, 5.74) is 1.20. The summed E-state index contributed by atoms with van der Waals surface area (Å²) in [6.07, 6.45) is 2.24. The lowest BCUT2D eigenvalue weighted by molar-refractivity contribution is -0.129. The lowest BCUT2D eigenvalue weighted by Gasteiger charge is -2.18. The maximum Gasteiger partial charge on any atom is 0.223 e. The first kappa shape index (κ1) is 18.1. The maximum atomic E-state index is 12.2. The van der Waals surface area contributed by atoms with E-state index in [9.17, 15) is 14.4 Å². The molecule has 120 valence electrons. The number of hydrogen-bond acceptors (Lipinski definition) is 3. The van der Waals surface area contributed by atoms with Crippen LogP contribution in [-0.4, -0.2) is 23.5 Å². The number of ketones is 2. The SMILES string of the molecule is CC(=O)CC[C@H](NC(=O)[C@@H](C)CCc1ccccc1)C(C)=O. The molecule has 0 aromatic heterocycles. The predicted molar refractivity (Wildman–Crippen MR) is 86.5 cm³/mol. The Balaban J connectivity index is 2.46. The lowest BCUT2D eigenvalue weighted by Crippen LogP contribution is -2.42. The van der Waals surface area contributed by atoms with Crippen LogP contribution in [0.1, 0.15) is 45.6 Å². The Morgan fingerprint density at radius 3 is 2.23 bits per heavy atom. The van der Waals surface area contributed by atoms with Crippen molar-refractivity contribution in [3.05, 3.63) is 35.9 Å². The lowest BCUT2D eigenvalue weighted by atomic mass is 9.99. The molecule has 1 aromatic carbocycles. The van der Waals surface area contributed by atoms with E-state index in [1.807, 2.05) is 37.3 Å². The van der Waals surface area contributed by atoms with Crippen molar-refractivity contribution >= 4 is 17.5 Å². The standard InChI is InChI=1S/C18H25NO3/c1-13(9-11-16-7-5-4-6-8-16)18(22)19-17(15(3)21)12-10-14(2)20/h4-8,13,17H,9-12H2,1-3H3,(H,19,22)/t13-,17-/m0/s1. The van der Waals surface area contributed by atoms with E-state index < -0.39 is 6.04 Å². The Morgan fingerprint density at radius 2 is 1.68 bits per heavy atom. The minimum absolute atomic E-state index is 0.0256. The highest BCUT2D eigenvalue weighted by Crippen LogP contribution is 2.11. The Kier molecular flexibility index (Phi) is 7.50. The third-order valence-corrected chi connectivity index (χ3v) is 3.75. The number of carbonyl (C=O) groups is 3. The minimum atomic E-state index is -0.560. The molecule has 4 heteroatoms. The second-order valence-corrected chi connectivity index (χ2v) is 5.84. The Hall–Kier alpha value is -1.97. The number of aryl methyl sites for hydroxylation is 1. The first-order valence-corrected chi connectivity index (χ1v) is 7.74. The van der Waals surface area contributed by atoms with Gasteiger partial charge in [-0.25, -0.2) is 0 Å². The highest BCUT2D eigenvalue weighted by Gasteiger charge is 2.20. The summed E-state index contributed by atoms with van der Waals surface area (Å²) in [6.45, 7) is 4.79. The zero-order chi connectivity index (χ0) is 16.5. The molecule has 4 nitrogen and oxygen atoms in total. The highest BCUT2D eigenvalue weighted by atomic mass is 16.2. The summed E-state index contributed by atoms with van der Waals surface area (Å²) in [5.74, 6) is -0.374. The second kappa shape index (κ2) is 9.13. The van der Waals surface area contributed by atoms with E-state index in [0.29, 0.717) is 12.8 Å². The molecule has 1 N–H and O–H groups in total. The van der Waals surface area contributed by atoms with E-state index in [2.05, 4.69) is 5.32 Å². The summed E-state index contributed by atoms with van der Waals surface area (Å²) >= 11 is 0. The van der Waals surface area contributed by atoms with Gasteiger partial charge in [-0.15, -0.1) is 0 Å². The van der Waals surface area contributed by atoms with Crippen LogP contribution in [0.5, 0.6) is 0 Å². The van der Waals surface area contributed by atoms with Gasteiger partial charge < -0.3 is 10.1 Å². The predicted octanol–water partition coefficient (Wildman–Crippen LogP) is 2.70. The summed E-state index contributed by atoms with van der Waals surface area (Å²) < 4.78 is 0.